The van der Waals surface area contributed by atoms with E-state index < -0.39 is 81.9 Å². The average molecular weight is 532 g/mol. The molecule has 15 heteroatoms. The Balaban J connectivity index is 1.82. The summed E-state index contributed by atoms with van der Waals surface area (Å²) in [6.45, 7) is 0. The van der Waals surface area contributed by atoms with Crippen LogP contribution in [0.5, 0.6) is 0 Å². The van der Waals surface area contributed by atoms with Crippen molar-refractivity contribution in [3.63, 3.8) is 0 Å². The van der Waals surface area contributed by atoms with E-state index in [4.69, 9.17) is 52.1 Å². The molecule has 5 heterocycles. The minimum Gasteiger partial charge on any atom is -0.467 e. The molecule has 2 saturated carbocycles. The molecule has 0 unspecified atom stereocenters. The van der Waals surface area contributed by atoms with Crippen LogP contribution in [0.2, 0.25) is 0 Å². The molecule has 7 rings (SSSR count). The van der Waals surface area contributed by atoms with Crippen LogP contribution in [0.25, 0.3) is 0 Å². The molecule has 0 aromatic heterocycles. The standard InChI is InChI=1S/C22H28O15/c1-27-13(23)17-9-10-12(35-11(9)19(36-17,15(25)29-3)21(17,31-5)32-6)20(16(26)30-4)22(33-7,34-8)18(10,37-20)14(24)28-2/h9-12H,1-8H3/t9-,10-,11+,12+,17+,18+,19-,20-/m0/s1. The van der Waals surface area contributed by atoms with Crippen molar-refractivity contribution in [1.82, 2.24) is 0 Å². The molecule has 15 nitrogen and oxygen atoms in total. The Hall–Kier alpha value is -2.40. The first-order valence-corrected chi connectivity index (χ1v) is 11.2. The summed E-state index contributed by atoms with van der Waals surface area (Å²) in [5.41, 5.74) is -8.68. The van der Waals surface area contributed by atoms with Gasteiger partial charge in [0.1, 0.15) is 12.2 Å². The quantitative estimate of drug-likeness (QED) is 0.186. The van der Waals surface area contributed by atoms with Crippen LogP contribution in [0, 0.1) is 11.8 Å². The number of hydrogen-bond donors (Lipinski definition) is 0. The van der Waals surface area contributed by atoms with Crippen molar-refractivity contribution in [3.8, 4) is 0 Å². The Morgan fingerprint density at radius 3 is 1.00 bits per heavy atom. The maximum atomic E-state index is 13.5. The Morgan fingerprint density at radius 2 is 0.757 bits per heavy atom. The molecule has 0 aromatic rings. The zero-order chi connectivity index (χ0) is 27.4. The van der Waals surface area contributed by atoms with Gasteiger partial charge < -0.3 is 52.1 Å². The molecule has 5 aliphatic heterocycles. The minimum absolute atomic E-state index is 0.984. The lowest BCUT2D eigenvalue weighted by Gasteiger charge is -2.59. The normalized spacial score (nSPS) is 44.5. The van der Waals surface area contributed by atoms with Gasteiger partial charge in [0.15, 0.2) is 0 Å². The maximum Gasteiger partial charge on any atom is 0.346 e. The Morgan fingerprint density at radius 1 is 0.486 bits per heavy atom. The largest absolute Gasteiger partial charge is 0.467 e. The first-order chi connectivity index (χ1) is 17.6. The summed E-state index contributed by atoms with van der Waals surface area (Å²) in [4.78, 5) is 53.6. The van der Waals surface area contributed by atoms with E-state index in [1.54, 1.807) is 0 Å². The molecule has 0 spiro atoms. The van der Waals surface area contributed by atoms with Gasteiger partial charge in [-0.2, -0.15) is 0 Å². The van der Waals surface area contributed by atoms with Crippen molar-refractivity contribution >= 4 is 23.9 Å². The molecule has 0 amide bonds. The van der Waals surface area contributed by atoms with Crippen LogP contribution in [0.1, 0.15) is 0 Å². The van der Waals surface area contributed by atoms with Crippen LogP contribution in [-0.4, -0.2) is 127 Å². The lowest BCUT2D eigenvalue weighted by atomic mass is 9.69. The highest BCUT2D eigenvalue weighted by Crippen LogP contribution is 2.81. The van der Waals surface area contributed by atoms with E-state index in [-0.39, 0.29) is 0 Å². The molecule has 4 bridgehead atoms. The molecule has 7 aliphatic rings. The van der Waals surface area contributed by atoms with Crippen LogP contribution < -0.4 is 0 Å². The zero-order valence-corrected chi connectivity index (χ0v) is 21.4. The van der Waals surface area contributed by atoms with E-state index >= 15 is 0 Å². The molecule has 0 radical (unpaired) electrons. The molecule has 0 N–H and O–H groups in total. The fraction of sp³-hybridized carbons (Fsp3) is 0.818. The van der Waals surface area contributed by atoms with Crippen LogP contribution in [0.4, 0.5) is 0 Å². The van der Waals surface area contributed by atoms with E-state index in [2.05, 4.69) is 0 Å². The Labute approximate surface area is 210 Å². The summed E-state index contributed by atoms with van der Waals surface area (Å²) in [5.74, 6) is -10.7. The third-order valence-electron chi connectivity index (χ3n) is 8.78. The zero-order valence-electron chi connectivity index (χ0n) is 21.4. The number of ether oxygens (including phenoxy) is 11. The topological polar surface area (TPSA) is 170 Å². The molecule has 5 saturated heterocycles. The monoisotopic (exact) mass is 532 g/mol. The van der Waals surface area contributed by atoms with Gasteiger partial charge in [-0.1, -0.05) is 0 Å². The molecular weight excluding hydrogens is 504 g/mol. The van der Waals surface area contributed by atoms with Gasteiger partial charge in [0.05, 0.1) is 28.4 Å². The average Bonchev–Trinajstić information content (AvgIpc) is 3.61. The summed E-state index contributed by atoms with van der Waals surface area (Å²) >= 11 is 0. The number of carbonyl (C=O) groups is 4. The van der Waals surface area contributed by atoms with E-state index in [1.165, 1.54) is 28.4 Å². The fourth-order valence-electron chi connectivity index (χ4n) is 7.83. The van der Waals surface area contributed by atoms with Crippen molar-refractivity contribution in [2.24, 2.45) is 11.8 Å². The van der Waals surface area contributed by atoms with Crippen molar-refractivity contribution in [2.75, 3.05) is 56.9 Å². The van der Waals surface area contributed by atoms with Crippen molar-refractivity contribution in [3.05, 3.63) is 0 Å². The first kappa shape index (κ1) is 26.2. The molecule has 7 fully saturated rings. The van der Waals surface area contributed by atoms with Gasteiger partial charge in [-0.05, 0) is 0 Å². The summed E-state index contributed by atoms with van der Waals surface area (Å²) in [6, 6.07) is 0. The van der Waals surface area contributed by atoms with Crippen LogP contribution in [-0.2, 0) is 71.3 Å². The number of esters is 4. The van der Waals surface area contributed by atoms with Gasteiger partial charge in [0.2, 0.25) is 11.2 Å². The van der Waals surface area contributed by atoms with E-state index in [0.717, 1.165) is 28.4 Å². The van der Waals surface area contributed by atoms with Gasteiger partial charge >= 0.3 is 23.9 Å². The minimum atomic E-state index is -2.18. The highest BCUT2D eigenvalue weighted by molar-refractivity contribution is 5.99. The highest BCUT2D eigenvalue weighted by atomic mass is 16.8. The number of carbonyl (C=O) groups excluding carboxylic acids is 4. The smallest absolute Gasteiger partial charge is 0.346 e. The third kappa shape index (κ3) is 2.00. The second-order valence-electron chi connectivity index (χ2n) is 9.19. The van der Waals surface area contributed by atoms with Gasteiger partial charge in [-0.25, -0.2) is 19.2 Å². The molecule has 0 aromatic carbocycles. The summed E-state index contributed by atoms with van der Waals surface area (Å²) in [6.07, 6.45) is -2.70. The molecule has 2 aliphatic carbocycles. The van der Waals surface area contributed by atoms with E-state index in [9.17, 15) is 19.2 Å². The molecule has 206 valence electrons. The number of hydrogen-bond acceptors (Lipinski definition) is 15. The molecular formula is C22H28O15. The number of methoxy groups -OCH3 is 8. The first-order valence-electron chi connectivity index (χ1n) is 11.2. The van der Waals surface area contributed by atoms with Crippen molar-refractivity contribution in [1.29, 1.82) is 0 Å². The van der Waals surface area contributed by atoms with Gasteiger partial charge in [-0.3, -0.25) is 0 Å². The van der Waals surface area contributed by atoms with Crippen molar-refractivity contribution in [2.45, 2.75) is 46.2 Å². The van der Waals surface area contributed by atoms with Gasteiger partial charge in [0.25, 0.3) is 22.8 Å². The summed E-state index contributed by atoms with van der Waals surface area (Å²) < 4.78 is 61.3. The van der Waals surface area contributed by atoms with E-state index in [1.807, 2.05) is 0 Å². The van der Waals surface area contributed by atoms with Gasteiger partial charge in [0, 0.05) is 40.3 Å². The second kappa shape index (κ2) is 7.59. The van der Waals surface area contributed by atoms with Crippen molar-refractivity contribution < 1.29 is 71.3 Å². The lowest BCUT2D eigenvalue weighted by Crippen LogP contribution is -2.85. The van der Waals surface area contributed by atoms with Crippen LogP contribution in [0.15, 0.2) is 0 Å². The van der Waals surface area contributed by atoms with Crippen LogP contribution in [0.3, 0.4) is 0 Å². The second-order valence-corrected chi connectivity index (χ2v) is 9.19. The fourth-order valence-corrected chi connectivity index (χ4v) is 7.83. The highest BCUT2D eigenvalue weighted by Gasteiger charge is 3.07. The predicted molar refractivity (Wildman–Crippen MR) is 110 cm³/mol. The molecule has 37 heavy (non-hydrogen) atoms. The SMILES string of the molecule is COC(=O)[C@@]12O[C@@](C(=O)OC)([C@H]3[C@H]4[C@@H](O[C@H]31)[C@@]1(C(=O)OC)O[C@]4(C(=O)OC)C1(OC)OC)C2(OC)OC. The van der Waals surface area contributed by atoms with Crippen LogP contribution >= 0.6 is 0 Å². The third-order valence-corrected chi connectivity index (χ3v) is 8.78. The Bertz CT molecular complexity index is 984. The number of rotatable bonds is 8. The van der Waals surface area contributed by atoms with E-state index in [0.29, 0.717) is 0 Å². The summed E-state index contributed by atoms with van der Waals surface area (Å²) in [7, 11) is 9.20. The maximum absolute atomic E-state index is 13.5. The predicted octanol–water partition coefficient (Wildman–Crippen LogP) is -2.30. The Kier molecular flexibility index (Phi) is 5.38. The molecule has 8 atom stereocenters. The lowest BCUT2D eigenvalue weighted by molar-refractivity contribution is -0.452. The summed E-state index contributed by atoms with van der Waals surface area (Å²) in [5, 5.41) is 0. The van der Waals surface area contributed by atoms with Gasteiger partial charge in [-0.15, -0.1) is 0 Å².